The zero-order valence-corrected chi connectivity index (χ0v) is 12.0. The van der Waals surface area contributed by atoms with Crippen molar-refractivity contribution in [2.24, 2.45) is 5.16 Å². The third kappa shape index (κ3) is 3.45. The number of nitrogens with zero attached hydrogens (tertiary/aromatic N) is 1. The summed E-state index contributed by atoms with van der Waals surface area (Å²) in [5.41, 5.74) is 0.794. The van der Waals surface area contributed by atoms with E-state index in [1.165, 1.54) is 24.3 Å². The average molecular weight is 307 g/mol. The Morgan fingerprint density at radius 2 is 1.95 bits per heavy atom. The van der Waals surface area contributed by atoms with Gasteiger partial charge in [0.25, 0.3) is 0 Å². The summed E-state index contributed by atoms with van der Waals surface area (Å²) in [4.78, 5) is 11.3. The molecule has 0 atom stereocenters. The molecule has 0 spiro atoms. The van der Waals surface area contributed by atoms with Crippen LogP contribution in [0.25, 0.3) is 0 Å². The molecule has 7 heteroatoms. The second kappa shape index (κ2) is 6.02. The first-order valence-corrected chi connectivity index (χ1v) is 7.46. The van der Waals surface area contributed by atoms with Gasteiger partial charge in [-0.3, -0.25) is 9.08 Å². The lowest BCUT2D eigenvalue weighted by molar-refractivity contribution is -0.111. The Morgan fingerprint density at radius 3 is 2.62 bits per heavy atom. The van der Waals surface area contributed by atoms with Gasteiger partial charge in [-0.15, -0.1) is 0 Å². The van der Waals surface area contributed by atoms with Gasteiger partial charge in [0.15, 0.2) is 5.78 Å². The van der Waals surface area contributed by atoms with Gasteiger partial charge < -0.3 is 5.11 Å². The fourth-order valence-electron chi connectivity index (χ4n) is 1.72. The SMILES string of the molecule is Cc1ccccc1S(=O)(=O)ON=C1C=CC(=O)C(CO)=C1. The minimum atomic E-state index is -4.03. The van der Waals surface area contributed by atoms with Crippen LogP contribution in [-0.2, 0) is 19.2 Å². The van der Waals surface area contributed by atoms with Crippen LogP contribution in [0.15, 0.2) is 58.1 Å². The lowest BCUT2D eigenvalue weighted by atomic mass is 10.0. The minimum Gasteiger partial charge on any atom is -0.392 e. The van der Waals surface area contributed by atoms with Crippen LogP contribution in [0.3, 0.4) is 0 Å². The number of carbonyl (C=O) groups excluding carboxylic acids is 1. The lowest BCUT2D eigenvalue weighted by Gasteiger charge is -2.07. The summed E-state index contributed by atoms with van der Waals surface area (Å²) in [6, 6.07) is 6.36. The third-order valence-electron chi connectivity index (χ3n) is 2.82. The van der Waals surface area contributed by atoms with Crippen LogP contribution < -0.4 is 0 Å². The van der Waals surface area contributed by atoms with Crippen molar-refractivity contribution < 1.29 is 22.6 Å². The molecule has 0 saturated carbocycles. The van der Waals surface area contributed by atoms with Crippen LogP contribution in [-0.4, -0.2) is 31.6 Å². The number of oxime groups is 1. The predicted molar refractivity (Wildman–Crippen MR) is 76.2 cm³/mol. The molecule has 0 fully saturated rings. The molecule has 0 radical (unpaired) electrons. The maximum atomic E-state index is 12.0. The molecular weight excluding hydrogens is 294 g/mol. The van der Waals surface area contributed by atoms with Gasteiger partial charge in [0.2, 0.25) is 0 Å². The number of carbonyl (C=O) groups is 1. The molecule has 0 unspecified atom stereocenters. The van der Waals surface area contributed by atoms with Crippen LogP contribution in [0.2, 0.25) is 0 Å². The minimum absolute atomic E-state index is 0.0246. The van der Waals surface area contributed by atoms with E-state index >= 15 is 0 Å². The number of aliphatic hydroxyl groups excluding tert-OH is 1. The van der Waals surface area contributed by atoms with Crippen molar-refractivity contribution in [1.82, 2.24) is 0 Å². The molecule has 0 saturated heterocycles. The highest BCUT2D eigenvalue weighted by Gasteiger charge is 2.19. The Labute approximate surface area is 122 Å². The molecule has 0 bridgehead atoms. The van der Waals surface area contributed by atoms with Crippen molar-refractivity contribution in [3.8, 4) is 0 Å². The Bertz CT molecular complexity index is 759. The van der Waals surface area contributed by atoms with Gasteiger partial charge in [0.1, 0.15) is 10.6 Å². The first kappa shape index (κ1) is 15.1. The van der Waals surface area contributed by atoms with E-state index in [0.29, 0.717) is 5.56 Å². The highest BCUT2D eigenvalue weighted by molar-refractivity contribution is 7.86. The fourth-order valence-corrected chi connectivity index (χ4v) is 2.69. The number of aryl methyl sites for hydroxylation is 1. The number of benzene rings is 1. The van der Waals surface area contributed by atoms with E-state index in [1.807, 2.05) is 0 Å². The smallest absolute Gasteiger partial charge is 0.358 e. The van der Waals surface area contributed by atoms with Crippen LogP contribution >= 0.6 is 0 Å². The monoisotopic (exact) mass is 307 g/mol. The molecule has 1 N–H and O–H groups in total. The molecule has 0 heterocycles. The van der Waals surface area contributed by atoms with Gasteiger partial charge in [-0.05, 0) is 36.8 Å². The Morgan fingerprint density at radius 1 is 1.24 bits per heavy atom. The third-order valence-corrected chi connectivity index (χ3v) is 4.09. The number of hydrogen-bond donors (Lipinski definition) is 1. The fraction of sp³-hybridized carbons (Fsp3) is 0.143. The molecule has 6 nitrogen and oxygen atoms in total. The number of allylic oxidation sites excluding steroid dienone is 3. The second-order valence-electron chi connectivity index (χ2n) is 4.34. The molecule has 1 aromatic carbocycles. The summed E-state index contributed by atoms with van der Waals surface area (Å²) in [7, 11) is -4.03. The van der Waals surface area contributed by atoms with E-state index in [1.54, 1.807) is 25.1 Å². The van der Waals surface area contributed by atoms with Crippen LogP contribution in [0.4, 0.5) is 0 Å². The lowest BCUT2D eigenvalue weighted by Crippen LogP contribution is -2.12. The molecular formula is C14H13NO5S. The van der Waals surface area contributed by atoms with Crippen molar-refractivity contribution in [1.29, 1.82) is 0 Å². The Kier molecular flexibility index (Phi) is 4.35. The first-order valence-electron chi connectivity index (χ1n) is 6.05. The maximum Gasteiger partial charge on any atom is 0.358 e. The molecule has 1 aliphatic rings. The van der Waals surface area contributed by atoms with E-state index in [0.717, 1.165) is 0 Å². The summed E-state index contributed by atoms with van der Waals surface area (Å²) in [5.74, 6) is -0.349. The zero-order chi connectivity index (χ0) is 15.5. The van der Waals surface area contributed by atoms with E-state index in [9.17, 15) is 13.2 Å². The number of ketones is 1. The normalized spacial score (nSPS) is 17.0. The largest absolute Gasteiger partial charge is 0.392 e. The standard InChI is InChI=1S/C14H13NO5S/c1-10-4-2-3-5-14(10)21(18,19)20-15-12-6-7-13(17)11(8-12)9-16/h2-8,16H,9H2,1H3. The molecule has 1 aliphatic carbocycles. The average Bonchev–Trinajstić information content (AvgIpc) is 2.46. The highest BCUT2D eigenvalue weighted by Crippen LogP contribution is 2.17. The molecule has 0 aliphatic heterocycles. The number of hydrogen-bond acceptors (Lipinski definition) is 6. The van der Waals surface area contributed by atoms with Gasteiger partial charge in [0.05, 0.1) is 6.61 Å². The Hall–Kier alpha value is -2.25. The quantitative estimate of drug-likeness (QED) is 0.664. The van der Waals surface area contributed by atoms with Crippen molar-refractivity contribution in [3.05, 3.63) is 53.6 Å². The highest BCUT2D eigenvalue weighted by atomic mass is 32.2. The van der Waals surface area contributed by atoms with Crippen LogP contribution in [0.5, 0.6) is 0 Å². The summed E-state index contributed by atoms with van der Waals surface area (Å²) >= 11 is 0. The molecule has 21 heavy (non-hydrogen) atoms. The van der Waals surface area contributed by atoms with Crippen molar-refractivity contribution in [2.45, 2.75) is 11.8 Å². The number of rotatable bonds is 4. The van der Waals surface area contributed by atoms with Gasteiger partial charge >= 0.3 is 10.1 Å². The number of aliphatic hydroxyl groups is 1. The van der Waals surface area contributed by atoms with E-state index in [2.05, 4.69) is 9.44 Å². The van der Waals surface area contributed by atoms with Gasteiger partial charge in [0, 0.05) is 5.57 Å². The first-order chi connectivity index (χ1) is 9.94. The van der Waals surface area contributed by atoms with E-state index < -0.39 is 16.7 Å². The maximum absolute atomic E-state index is 12.0. The summed E-state index contributed by atoms with van der Waals surface area (Å²) in [6.07, 6.45) is 3.78. The van der Waals surface area contributed by atoms with Crippen molar-refractivity contribution in [2.75, 3.05) is 6.61 Å². The van der Waals surface area contributed by atoms with Crippen molar-refractivity contribution in [3.63, 3.8) is 0 Å². The van der Waals surface area contributed by atoms with Gasteiger partial charge in [-0.25, -0.2) is 0 Å². The van der Waals surface area contributed by atoms with E-state index in [-0.39, 0.29) is 22.0 Å². The summed E-state index contributed by atoms with van der Waals surface area (Å²) < 4.78 is 28.7. The second-order valence-corrected chi connectivity index (χ2v) is 5.83. The van der Waals surface area contributed by atoms with Crippen molar-refractivity contribution >= 4 is 21.6 Å². The molecule has 1 aromatic rings. The Balaban J connectivity index is 2.25. The molecule has 2 rings (SSSR count). The van der Waals surface area contributed by atoms with Crippen LogP contribution in [0.1, 0.15) is 5.56 Å². The zero-order valence-electron chi connectivity index (χ0n) is 11.2. The van der Waals surface area contributed by atoms with Gasteiger partial charge in [-0.2, -0.15) is 8.42 Å². The summed E-state index contributed by atoms with van der Waals surface area (Å²) in [5, 5.41) is 12.5. The topological polar surface area (TPSA) is 93.0 Å². The molecule has 0 aromatic heterocycles. The van der Waals surface area contributed by atoms with Crippen LogP contribution in [0, 0.1) is 6.92 Å². The molecule has 0 amide bonds. The van der Waals surface area contributed by atoms with Gasteiger partial charge in [-0.1, -0.05) is 23.4 Å². The van der Waals surface area contributed by atoms with E-state index in [4.69, 9.17) is 5.11 Å². The summed E-state index contributed by atoms with van der Waals surface area (Å²) in [6.45, 7) is 1.19. The molecule has 110 valence electrons. The predicted octanol–water partition coefficient (Wildman–Crippen LogP) is 1.11.